The zero-order valence-corrected chi connectivity index (χ0v) is 13.0. The van der Waals surface area contributed by atoms with Gasteiger partial charge in [0.2, 0.25) is 0 Å². The zero-order chi connectivity index (χ0) is 14.7. The fourth-order valence-electron chi connectivity index (χ4n) is 1.83. The number of hydrogen-bond donors (Lipinski definition) is 1. The van der Waals surface area contributed by atoms with Gasteiger partial charge in [0.15, 0.2) is 0 Å². The van der Waals surface area contributed by atoms with Crippen LogP contribution in [0, 0.1) is 0 Å². The average molecular weight is 360 g/mol. The fraction of sp³-hybridized carbons (Fsp3) is 0.231. The lowest BCUT2D eigenvalue weighted by molar-refractivity contribution is 0.185. The largest absolute Gasteiger partial charge is 0.383 e. The number of aromatic nitrogens is 2. The summed E-state index contributed by atoms with van der Waals surface area (Å²) in [5.74, 6) is 0. The van der Waals surface area contributed by atoms with Gasteiger partial charge >= 0.3 is 5.69 Å². The smallest absolute Gasteiger partial charge is 0.329 e. The van der Waals surface area contributed by atoms with Crippen LogP contribution in [0.2, 0.25) is 5.15 Å². The molecule has 0 unspecified atom stereocenters. The Morgan fingerprint density at radius 3 is 2.70 bits per heavy atom. The van der Waals surface area contributed by atoms with Crippen molar-refractivity contribution in [2.24, 2.45) is 0 Å². The first-order valence-corrected chi connectivity index (χ1v) is 6.99. The Morgan fingerprint density at radius 2 is 2.05 bits per heavy atom. The molecule has 0 amide bonds. The minimum absolute atomic E-state index is 0.0283. The van der Waals surface area contributed by atoms with Gasteiger partial charge in [0, 0.05) is 17.1 Å². The van der Waals surface area contributed by atoms with Crippen molar-refractivity contribution in [3.8, 4) is 11.1 Å². The molecule has 0 spiro atoms. The van der Waals surface area contributed by atoms with Gasteiger partial charge in [-0.1, -0.05) is 45.7 Å². The third-order valence-corrected chi connectivity index (χ3v) is 3.78. The van der Waals surface area contributed by atoms with Crippen molar-refractivity contribution in [2.45, 2.75) is 6.54 Å². The summed E-state index contributed by atoms with van der Waals surface area (Å²) in [6, 6.07) is 7.18. The van der Waals surface area contributed by atoms with Gasteiger partial charge in [-0.25, -0.2) is 4.79 Å². The number of ether oxygens (including phenoxy) is 1. The zero-order valence-electron chi connectivity index (χ0n) is 10.7. The molecule has 2 aromatic rings. The molecule has 0 aliphatic heterocycles. The van der Waals surface area contributed by atoms with Gasteiger partial charge in [-0.15, -0.1) is 0 Å². The van der Waals surface area contributed by atoms with E-state index >= 15 is 0 Å². The Balaban J connectivity index is 2.68. The predicted octanol–water partition coefficient (Wildman–Crippen LogP) is 2.27. The second-order valence-electron chi connectivity index (χ2n) is 4.05. The van der Waals surface area contributed by atoms with E-state index in [1.807, 2.05) is 6.07 Å². The van der Waals surface area contributed by atoms with Crippen molar-refractivity contribution in [3.05, 3.63) is 54.7 Å². The van der Waals surface area contributed by atoms with Crippen LogP contribution in [0.4, 0.5) is 0 Å². The van der Waals surface area contributed by atoms with E-state index in [1.165, 1.54) is 7.11 Å². The van der Waals surface area contributed by atoms with Crippen LogP contribution in [0.1, 0.15) is 0 Å². The standard InChI is InChI=1S/C13H12BrClN2O3/c1-20-7-6-17-12(18)10(11(15)16-13(17)19)8-4-2-3-5-9(8)14/h2-5H,6-7H2,1H3,(H,16,19). The summed E-state index contributed by atoms with van der Waals surface area (Å²) >= 11 is 9.40. The number of H-pyrrole nitrogens is 1. The minimum Gasteiger partial charge on any atom is -0.383 e. The Kier molecular flexibility index (Phi) is 4.80. The number of nitrogens with one attached hydrogen (secondary N) is 1. The SMILES string of the molecule is COCCn1c(=O)[nH]c(Cl)c(-c2ccccc2Br)c1=O. The monoisotopic (exact) mass is 358 g/mol. The van der Waals surface area contributed by atoms with Crippen LogP contribution < -0.4 is 11.2 Å². The van der Waals surface area contributed by atoms with Crippen LogP contribution in [0.25, 0.3) is 11.1 Å². The van der Waals surface area contributed by atoms with E-state index in [4.69, 9.17) is 16.3 Å². The van der Waals surface area contributed by atoms with E-state index in [2.05, 4.69) is 20.9 Å². The summed E-state index contributed by atoms with van der Waals surface area (Å²) in [5.41, 5.74) is -0.102. The van der Waals surface area contributed by atoms with E-state index in [0.717, 1.165) is 9.04 Å². The first kappa shape index (κ1) is 15.0. The summed E-state index contributed by atoms with van der Waals surface area (Å²) in [7, 11) is 1.50. The maximum Gasteiger partial charge on any atom is 0.329 e. The van der Waals surface area contributed by atoms with Crippen LogP contribution in [0.3, 0.4) is 0 Å². The van der Waals surface area contributed by atoms with Crippen LogP contribution in [-0.4, -0.2) is 23.3 Å². The summed E-state index contributed by atoms with van der Waals surface area (Å²) < 4.78 is 6.70. The number of benzene rings is 1. The first-order valence-electron chi connectivity index (χ1n) is 5.82. The lowest BCUT2D eigenvalue weighted by Gasteiger charge is -2.10. The van der Waals surface area contributed by atoms with Crippen molar-refractivity contribution in [1.82, 2.24) is 9.55 Å². The summed E-state index contributed by atoms with van der Waals surface area (Å²) in [6.07, 6.45) is 0. The van der Waals surface area contributed by atoms with E-state index < -0.39 is 11.2 Å². The van der Waals surface area contributed by atoms with Crippen molar-refractivity contribution >= 4 is 27.5 Å². The molecule has 0 saturated heterocycles. The summed E-state index contributed by atoms with van der Waals surface area (Å²) in [6.45, 7) is 0.430. The number of aromatic amines is 1. The Morgan fingerprint density at radius 1 is 1.35 bits per heavy atom. The lowest BCUT2D eigenvalue weighted by Crippen LogP contribution is -2.37. The fourth-order valence-corrected chi connectivity index (χ4v) is 2.57. The molecule has 2 rings (SSSR count). The quantitative estimate of drug-likeness (QED) is 0.852. The van der Waals surface area contributed by atoms with Crippen molar-refractivity contribution < 1.29 is 4.74 Å². The minimum atomic E-state index is -0.548. The highest BCUT2D eigenvalue weighted by atomic mass is 79.9. The normalized spacial score (nSPS) is 10.8. The van der Waals surface area contributed by atoms with E-state index in [0.29, 0.717) is 5.56 Å². The maximum atomic E-state index is 12.5. The van der Waals surface area contributed by atoms with Gasteiger partial charge in [-0.05, 0) is 6.07 Å². The lowest BCUT2D eigenvalue weighted by atomic mass is 10.1. The van der Waals surface area contributed by atoms with Gasteiger partial charge < -0.3 is 4.74 Å². The number of halogens is 2. The molecule has 0 aliphatic carbocycles. The molecule has 0 bridgehead atoms. The number of hydrogen-bond acceptors (Lipinski definition) is 3. The molecule has 0 atom stereocenters. The molecule has 1 aromatic heterocycles. The molecule has 0 radical (unpaired) electrons. The van der Waals surface area contributed by atoms with E-state index in [-0.39, 0.29) is 23.9 Å². The van der Waals surface area contributed by atoms with Crippen LogP contribution in [-0.2, 0) is 11.3 Å². The first-order chi connectivity index (χ1) is 9.56. The molecule has 7 heteroatoms. The second-order valence-corrected chi connectivity index (χ2v) is 5.28. The Labute approximate surface area is 128 Å². The molecule has 20 heavy (non-hydrogen) atoms. The van der Waals surface area contributed by atoms with Crippen molar-refractivity contribution in [1.29, 1.82) is 0 Å². The molecule has 0 saturated carbocycles. The van der Waals surface area contributed by atoms with Gasteiger partial charge in [0.25, 0.3) is 5.56 Å². The highest BCUT2D eigenvalue weighted by Gasteiger charge is 2.16. The number of nitrogens with zero attached hydrogens (tertiary/aromatic N) is 1. The molecular weight excluding hydrogens is 348 g/mol. The molecular formula is C13H12BrClN2O3. The number of rotatable bonds is 4. The third kappa shape index (κ3) is 2.87. The van der Waals surface area contributed by atoms with Gasteiger partial charge in [-0.2, -0.15) is 0 Å². The summed E-state index contributed by atoms with van der Waals surface area (Å²) in [5, 5.41) is 0.0283. The van der Waals surface area contributed by atoms with Crippen molar-refractivity contribution in [3.63, 3.8) is 0 Å². The molecule has 1 heterocycles. The van der Waals surface area contributed by atoms with Crippen molar-refractivity contribution in [2.75, 3.05) is 13.7 Å². The van der Waals surface area contributed by atoms with Gasteiger partial charge in [0.05, 0.1) is 18.7 Å². The molecule has 1 aromatic carbocycles. The Bertz CT molecular complexity index is 739. The average Bonchev–Trinajstić information content (AvgIpc) is 2.40. The molecule has 0 fully saturated rings. The van der Waals surface area contributed by atoms with Crippen LogP contribution in [0.15, 0.2) is 38.3 Å². The van der Waals surface area contributed by atoms with E-state index in [9.17, 15) is 9.59 Å². The highest BCUT2D eigenvalue weighted by Crippen LogP contribution is 2.28. The molecule has 106 valence electrons. The predicted molar refractivity (Wildman–Crippen MR) is 81.3 cm³/mol. The topological polar surface area (TPSA) is 64.1 Å². The van der Waals surface area contributed by atoms with Crippen LogP contribution in [0.5, 0.6) is 0 Å². The Hall–Kier alpha value is -1.37. The molecule has 1 N–H and O–H groups in total. The maximum absolute atomic E-state index is 12.5. The second kappa shape index (κ2) is 6.39. The van der Waals surface area contributed by atoms with E-state index in [1.54, 1.807) is 18.2 Å². The summed E-state index contributed by atoms with van der Waals surface area (Å²) in [4.78, 5) is 26.7. The van der Waals surface area contributed by atoms with Crippen LogP contribution >= 0.6 is 27.5 Å². The highest BCUT2D eigenvalue weighted by molar-refractivity contribution is 9.10. The van der Waals surface area contributed by atoms with Gasteiger partial charge in [0.1, 0.15) is 5.15 Å². The third-order valence-electron chi connectivity index (χ3n) is 2.80. The number of methoxy groups -OCH3 is 1. The molecule has 5 nitrogen and oxygen atoms in total. The molecule has 0 aliphatic rings. The van der Waals surface area contributed by atoms with Gasteiger partial charge in [-0.3, -0.25) is 14.3 Å².